The van der Waals surface area contributed by atoms with Crippen molar-refractivity contribution in [2.24, 2.45) is 28.6 Å². The van der Waals surface area contributed by atoms with Crippen LogP contribution in [0.3, 0.4) is 0 Å². The highest BCUT2D eigenvalue weighted by Crippen LogP contribution is 2.55. The van der Waals surface area contributed by atoms with Gasteiger partial charge in [-0.1, -0.05) is 33.1 Å². The van der Waals surface area contributed by atoms with Crippen LogP contribution in [0.2, 0.25) is 0 Å². The summed E-state index contributed by atoms with van der Waals surface area (Å²) in [5.41, 5.74) is -0.781. The number of carbonyl (C=O) groups is 3. The molecular weight excluding hydrogens is 518 g/mol. The van der Waals surface area contributed by atoms with Gasteiger partial charge in [-0.3, -0.25) is 14.4 Å². The topological polar surface area (TPSA) is 113 Å². The van der Waals surface area contributed by atoms with Crippen LogP contribution in [-0.2, 0) is 29.0 Å². The lowest BCUT2D eigenvalue weighted by molar-refractivity contribution is -0.152. The van der Waals surface area contributed by atoms with E-state index in [1.165, 1.54) is 19.3 Å². The van der Waals surface area contributed by atoms with Crippen LogP contribution in [0.5, 0.6) is 0 Å². The van der Waals surface area contributed by atoms with Gasteiger partial charge >= 0.3 is 0 Å². The second-order valence-corrected chi connectivity index (χ2v) is 15.9. The zero-order valence-corrected chi connectivity index (χ0v) is 24.8. The average molecular weight is 566 g/mol. The van der Waals surface area contributed by atoms with Crippen molar-refractivity contribution in [3.63, 3.8) is 0 Å². The van der Waals surface area contributed by atoms with Crippen molar-refractivity contribution in [2.45, 2.75) is 90.7 Å². The summed E-state index contributed by atoms with van der Waals surface area (Å²) in [5, 5.41) is 2.97. The van der Waals surface area contributed by atoms with Gasteiger partial charge < -0.3 is 19.9 Å². The standard InChI is InChI=1S/C29H47N3O6S/c1-20(38-15-21-10-6-4-7-11-21)24(27(35)31-12-8-5-9-13-31)30-25(33)23-16-39(36,37)19-29(23)17-32(18-29)26(34)22-14-28(22,2)3/h20-24H,4-19H2,1-3H3,(H,30,33)/t20-,22-,23?,24+/m1/s1. The van der Waals surface area contributed by atoms with E-state index in [1.807, 2.05) is 11.8 Å². The first kappa shape index (κ1) is 28.8. The molecule has 5 aliphatic rings. The van der Waals surface area contributed by atoms with Crippen molar-refractivity contribution < 1.29 is 27.5 Å². The van der Waals surface area contributed by atoms with Crippen LogP contribution in [-0.4, -0.2) is 92.4 Å². The van der Waals surface area contributed by atoms with Gasteiger partial charge in [-0.2, -0.15) is 0 Å². The lowest BCUT2D eigenvalue weighted by Crippen LogP contribution is -2.65. The molecule has 3 aliphatic heterocycles. The number of hydrogen-bond acceptors (Lipinski definition) is 6. The summed E-state index contributed by atoms with van der Waals surface area (Å²) >= 11 is 0. The van der Waals surface area contributed by atoms with Crippen LogP contribution in [0.25, 0.3) is 0 Å². The van der Waals surface area contributed by atoms with E-state index < -0.39 is 39.2 Å². The Kier molecular flexibility index (Phi) is 8.10. The Bertz CT molecular complexity index is 1060. The van der Waals surface area contributed by atoms with Gasteiger partial charge in [0.15, 0.2) is 9.84 Å². The molecule has 10 heteroatoms. The molecule has 0 aromatic carbocycles. The largest absolute Gasteiger partial charge is 0.376 e. The Balaban J connectivity index is 1.27. The van der Waals surface area contributed by atoms with E-state index in [-0.39, 0.29) is 47.7 Å². The van der Waals surface area contributed by atoms with Crippen molar-refractivity contribution in [1.82, 2.24) is 15.1 Å². The quantitative estimate of drug-likeness (QED) is 0.484. The van der Waals surface area contributed by atoms with Gasteiger partial charge in [0.05, 0.1) is 23.5 Å². The number of nitrogens with one attached hydrogen (secondary N) is 1. The van der Waals surface area contributed by atoms with Gasteiger partial charge in [-0.15, -0.1) is 0 Å². The summed E-state index contributed by atoms with van der Waals surface area (Å²) in [6.07, 6.45) is 9.20. The molecule has 5 fully saturated rings. The first-order chi connectivity index (χ1) is 18.4. The summed E-state index contributed by atoms with van der Waals surface area (Å²) < 4.78 is 31.8. The summed E-state index contributed by atoms with van der Waals surface area (Å²) in [4.78, 5) is 43.9. The monoisotopic (exact) mass is 565 g/mol. The van der Waals surface area contributed by atoms with E-state index in [9.17, 15) is 22.8 Å². The molecule has 0 bridgehead atoms. The average Bonchev–Trinajstić information content (AvgIpc) is 3.43. The Hall–Kier alpha value is -1.68. The van der Waals surface area contributed by atoms with Gasteiger partial charge in [0.1, 0.15) is 6.04 Å². The number of carbonyl (C=O) groups excluding carboxylic acids is 3. The molecule has 2 aliphatic carbocycles. The molecule has 1 unspecified atom stereocenters. The number of rotatable bonds is 8. The number of piperidine rings is 1. The molecule has 0 aromatic heterocycles. The first-order valence-corrected chi connectivity index (χ1v) is 16.9. The fourth-order valence-corrected chi connectivity index (χ4v) is 9.75. The third-order valence-corrected chi connectivity index (χ3v) is 12.0. The van der Waals surface area contributed by atoms with Crippen LogP contribution >= 0.6 is 0 Å². The molecule has 0 aromatic rings. The Morgan fingerprint density at radius 1 is 0.949 bits per heavy atom. The van der Waals surface area contributed by atoms with Crippen molar-refractivity contribution in [2.75, 3.05) is 44.3 Å². The molecule has 5 rings (SSSR count). The maximum absolute atomic E-state index is 13.8. The van der Waals surface area contributed by atoms with Gasteiger partial charge in [0.25, 0.3) is 0 Å². The molecule has 2 saturated carbocycles. The maximum atomic E-state index is 13.8. The van der Waals surface area contributed by atoms with Crippen molar-refractivity contribution >= 4 is 27.6 Å². The minimum absolute atomic E-state index is 0.00579. The molecule has 3 heterocycles. The second-order valence-electron chi connectivity index (χ2n) is 13.8. The molecule has 1 spiro atoms. The lowest BCUT2D eigenvalue weighted by Gasteiger charge is -2.50. The number of nitrogens with zero attached hydrogens (tertiary/aromatic N) is 2. The minimum atomic E-state index is -3.43. The van der Waals surface area contributed by atoms with E-state index in [0.29, 0.717) is 25.6 Å². The Morgan fingerprint density at radius 3 is 2.18 bits per heavy atom. The van der Waals surface area contributed by atoms with Crippen LogP contribution < -0.4 is 5.32 Å². The van der Waals surface area contributed by atoms with E-state index in [0.717, 1.165) is 38.5 Å². The zero-order chi connectivity index (χ0) is 28.0. The SMILES string of the molecule is C[C@@H](OCC1CCCCC1)[C@H](NC(=O)C1CS(=O)(=O)CC12CN(C(=O)[C@H]1CC1(C)C)C2)C(=O)N1CCCCC1. The Morgan fingerprint density at radius 2 is 1.56 bits per heavy atom. The van der Waals surface area contributed by atoms with E-state index >= 15 is 0 Å². The number of likely N-dealkylation sites (tertiary alicyclic amines) is 2. The first-order valence-electron chi connectivity index (χ1n) is 15.1. The van der Waals surface area contributed by atoms with Crippen molar-refractivity contribution in [1.29, 1.82) is 0 Å². The second kappa shape index (κ2) is 11.0. The molecule has 4 atom stereocenters. The predicted molar refractivity (Wildman–Crippen MR) is 147 cm³/mol. The van der Waals surface area contributed by atoms with Crippen molar-refractivity contribution in [3.05, 3.63) is 0 Å². The van der Waals surface area contributed by atoms with Gasteiger partial charge in [-0.25, -0.2) is 8.42 Å². The van der Waals surface area contributed by atoms with Crippen molar-refractivity contribution in [3.8, 4) is 0 Å². The van der Waals surface area contributed by atoms with Gasteiger partial charge in [0.2, 0.25) is 17.7 Å². The third-order valence-electron chi connectivity index (χ3n) is 10.1. The van der Waals surface area contributed by atoms with E-state index in [1.54, 1.807) is 4.90 Å². The summed E-state index contributed by atoms with van der Waals surface area (Å²) in [5.74, 6) is -1.13. The highest BCUT2D eigenvalue weighted by Gasteiger charge is 2.63. The maximum Gasteiger partial charge on any atom is 0.247 e. The normalized spacial score (nSPS) is 30.8. The molecule has 9 nitrogen and oxygen atoms in total. The van der Waals surface area contributed by atoms with Gasteiger partial charge in [-0.05, 0) is 56.8 Å². The summed E-state index contributed by atoms with van der Waals surface area (Å²) in [6.45, 7) is 8.45. The van der Waals surface area contributed by atoms with E-state index in [2.05, 4.69) is 19.2 Å². The minimum Gasteiger partial charge on any atom is -0.376 e. The van der Waals surface area contributed by atoms with Crippen LogP contribution in [0.4, 0.5) is 0 Å². The van der Waals surface area contributed by atoms with Crippen LogP contribution in [0.15, 0.2) is 0 Å². The fraction of sp³-hybridized carbons (Fsp3) is 0.897. The molecule has 0 radical (unpaired) electrons. The lowest BCUT2D eigenvalue weighted by atomic mass is 9.71. The highest BCUT2D eigenvalue weighted by molar-refractivity contribution is 7.91. The van der Waals surface area contributed by atoms with Crippen LogP contribution in [0.1, 0.15) is 78.6 Å². The highest BCUT2D eigenvalue weighted by atomic mass is 32.2. The predicted octanol–water partition coefficient (Wildman–Crippen LogP) is 2.39. The summed E-state index contributed by atoms with van der Waals surface area (Å²) in [6, 6.07) is -0.857. The van der Waals surface area contributed by atoms with Crippen LogP contribution in [0, 0.1) is 28.6 Å². The summed E-state index contributed by atoms with van der Waals surface area (Å²) in [7, 11) is -3.43. The molecule has 3 amide bonds. The number of sulfone groups is 1. The molecular formula is C29H47N3O6S. The molecule has 39 heavy (non-hydrogen) atoms. The zero-order valence-electron chi connectivity index (χ0n) is 24.0. The number of ether oxygens (including phenoxy) is 1. The van der Waals surface area contributed by atoms with E-state index in [4.69, 9.17) is 4.74 Å². The molecule has 3 saturated heterocycles. The van der Waals surface area contributed by atoms with Gasteiger partial charge in [0, 0.05) is 44.1 Å². The fourth-order valence-electron chi connectivity index (χ4n) is 7.36. The Labute approximate surface area is 233 Å². The smallest absolute Gasteiger partial charge is 0.247 e. The third kappa shape index (κ3) is 6.16. The number of hydrogen-bond donors (Lipinski definition) is 1. The molecule has 220 valence electrons. The number of amides is 3. The molecule has 1 N–H and O–H groups in total.